The molecule has 3 nitrogen and oxygen atoms in total. The van der Waals surface area contributed by atoms with Gasteiger partial charge in [0, 0.05) is 0 Å². The molecule has 76 valence electrons. The van der Waals surface area contributed by atoms with Gasteiger partial charge in [-0.05, 0) is 12.0 Å². The number of rotatable bonds is 3. The van der Waals surface area contributed by atoms with E-state index >= 15 is 0 Å². The summed E-state index contributed by atoms with van der Waals surface area (Å²) in [5.74, 6) is 0. The Bertz CT molecular complexity index is 285. The molecule has 1 N–H and O–H groups in total. The second-order valence-electron chi connectivity index (χ2n) is 3.01. The van der Waals surface area contributed by atoms with E-state index in [0.717, 1.165) is 12.0 Å². The second kappa shape index (κ2) is 5.27. The first-order valence-corrected chi connectivity index (χ1v) is 4.67. The van der Waals surface area contributed by atoms with Gasteiger partial charge in [0.2, 0.25) is 0 Å². The maximum Gasteiger partial charge on any atom is 0.407 e. The minimum atomic E-state index is -0.388. The van der Waals surface area contributed by atoms with Gasteiger partial charge in [-0.2, -0.15) is 0 Å². The van der Waals surface area contributed by atoms with Gasteiger partial charge in [-0.1, -0.05) is 37.3 Å². The zero-order chi connectivity index (χ0) is 10.4. The summed E-state index contributed by atoms with van der Waals surface area (Å²) in [7, 11) is 1.37. The Labute approximate surface area is 84.1 Å². The van der Waals surface area contributed by atoms with Gasteiger partial charge in [-0.25, -0.2) is 4.79 Å². The van der Waals surface area contributed by atoms with Gasteiger partial charge in [-0.3, -0.25) is 0 Å². The van der Waals surface area contributed by atoms with Crippen LogP contribution in [0.5, 0.6) is 0 Å². The van der Waals surface area contributed by atoms with Gasteiger partial charge in [0.1, 0.15) is 0 Å². The number of ether oxygens (including phenoxy) is 1. The first-order chi connectivity index (χ1) is 6.77. The van der Waals surface area contributed by atoms with Gasteiger partial charge in [0.05, 0.1) is 13.2 Å². The van der Waals surface area contributed by atoms with Crippen LogP contribution in [0, 0.1) is 0 Å². The number of carbonyl (C=O) groups is 1. The first kappa shape index (κ1) is 10.6. The fourth-order valence-corrected chi connectivity index (χ4v) is 1.31. The summed E-state index contributed by atoms with van der Waals surface area (Å²) < 4.78 is 4.55. The monoisotopic (exact) mass is 193 g/mol. The molecule has 1 aromatic carbocycles. The number of methoxy groups -OCH3 is 1. The van der Waals surface area contributed by atoms with Crippen molar-refractivity contribution in [3.05, 3.63) is 35.9 Å². The molecule has 0 heterocycles. The van der Waals surface area contributed by atoms with Crippen molar-refractivity contribution < 1.29 is 9.53 Å². The molecule has 0 saturated carbocycles. The topological polar surface area (TPSA) is 38.3 Å². The van der Waals surface area contributed by atoms with E-state index in [1.807, 2.05) is 37.3 Å². The van der Waals surface area contributed by atoms with Crippen LogP contribution in [-0.4, -0.2) is 13.2 Å². The standard InChI is InChI=1S/C11H15NO2/c1-3-10(12-11(13)14-2)9-7-5-4-6-8-9/h4-8,10H,3H2,1-2H3,(H,12,13)/t10-/m1/s1. The molecule has 14 heavy (non-hydrogen) atoms. The lowest BCUT2D eigenvalue weighted by Gasteiger charge is -2.16. The van der Waals surface area contributed by atoms with Crippen molar-refractivity contribution in [2.45, 2.75) is 19.4 Å². The van der Waals surface area contributed by atoms with Crippen molar-refractivity contribution in [1.29, 1.82) is 0 Å². The summed E-state index contributed by atoms with van der Waals surface area (Å²) in [4.78, 5) is 11.0. The molecule has 1 amide bonds. The molecule has 0 aromatic heterocycles. The third-order valence-electron chi connectivity index (χ3n) is 2.09. The SMILES string of the molecule is CC[C@@H](NC(=O)OC)c1ccccc1. The van der Waals surface area contributed by atoms with Crippen LogP contribution in [0.3, 0.4) is 0 Å². The predicted molar refractivity (Wildman–Crippen MR) is 55.0 cm³/mol. The quantitative estimate of drug-likeness (QED) is 0.800. The fourth-order valence-electron chi connectivity index (χ4n) is 1.31. The maximum atomic E-state index is 11.0. The summed E-state index contributed by atoms with van der Waals surface area (Å²) in [5.41, 5.74) is 1.10. The van der Waals surface area contributed by atoms with Crippen LogP contribution in [0.25, 0.3) is 0 Å². The Balaban J connectivity index is 2.68. The predicted octanol–water partition coefficient (Wildman–Crippen LogP) is 2.49. The van der Waals surface area contributed by atoms with Crippen LogP contribution in [0.2, 0.25) is 0 Å². The average molecular weight is 193 g/mol. The van der Waals surface area contributed by atoms with E-state index in [1.165, 1.54) is 7.11 Å². The average Bonchev–Trinajstić information content (AvgIpc) is 2.26. The van der Waals surface area contributed by atoms with E-state index in [1.54, 1.807) is 0 Å². The lowest BCUT2D eigenvalue weighted by molar-refractivity contribution is 0.166. The van der Waals surface area contributed by atoms with Crippen LogP contribution < -0.4 is 5.32 Å². The Kier molecular flexibility index (Phi) is 3.98. The van der Waals surface area contributed by atoms with Crippen LogP contribution >= 0.6 is 0 Å². The number of carbonyl (C=O) groups excluding carboxylic acids is 1. The molecule has 0 spiro atoms. The highest BCUT2D eigenvalue weighted by atomic mass is 16.5. The molecule has 0 radical (unpaired) electrons. The molecule has 0 aliphatic rings. The van der Waals surface area contributed by atoms with E-state index < -0.39 is 0 Å². The zero-order valence-electron chi connectivity index (χ0n) is 8.49. The Morgan fingerprint density at radius 1 is 1.43 bits per heavy atom. The summed E-state index contributed by atoms with van der Waals surface area (Å²) in [6.07, 6.45) is 0.458. The number of hydrogen-bond acceptors (Lipinski definition) is 2. The molecule has 0 fully saturated rings. The molecule has 1 atom stereocenters. The third-order valence-corrected chi connectivity index (χ3v) is 2.09. The van der Waals surface area contributed by atoms with Gasteiger partial charge in [0.15, 0.2) is 0 Å². The lowest BCUT2D eigenvalue weighted by atomic mass is 10.1. The van der Waals surface area contributed by atoms with Crippen molar-refractivity contribution in [1.82, 2.24) is 5.32 Å². The molecular formula is C11H15NO2. The Morgan fingerprint density at radius 2 is 2.07 bits per heavy atom. The van der Waals surface area contributed by atoms with Crippen molar-refractivity contribution >= 4 is 6.09 Å². The molecule has 0 saturated heterocycles. The second-order valence-corrected chi connectivity index (χ2v) is 3.01. The summed E-state index contributed by atoms with van der Waals surface area (Å²) in [6, 6.07) is 9.87. The van der Waals surface area contributed by atoms with E-state index in [9.17, 15) is 4.79 Å². The fraction of sp³-hybridized carbons (Fsp3) is 0.364. The number of alkyl carbamates (subject to hydrolysis) is 1. The van der Waals surface area contributed by atoms with E-state index in [0.29, 0.717) is 0 Å². The van der Waals surface area contributed by atoms with Gasteiger partial charge in [0.25, 0.3) is 0 Å². The number of amides is 1. The molecular weight excluding hydrogens is 178 g/mol. The van der Waals surface area contributed by atoms with Crippen molar-refractivity contribution in [2.24, 2.45) is 0 Å². The normalized spacial score (nSPS) is 11.9. The van der Waals surface area contributed by atoms with Crippen molar-refractivity contribution in [2.75, 3.05) is 7.11 Å². The molecule has 0 unspecified atom stereocenters. The molecule has 1 aromatic rings. The van der Waals surface area contributed by atoms with Gasteiger partial charge >= 0.3 is 6.09 Å². The smallest absolute Gasteiger partial charge is 0.407 e. The molecule has 0 aliphatic heterocycles. The number of hydrogen-bond donors (Lipinski definition) is 1. The van der Waals surface area contributed by atoms with E-state index in [-0.39, 0.29) is 12.1 Å². The van der Waals surface area contributed by atoms with Gasteiger partial charge < -0.3 is 10.1 Å². The van der Waals surface area contributed by atoms with E-state index in [2.05, 4.69) is 10.1 Å². The van der Waals surface area contributed by atoms with Gasteiger partial charge in [-0.15, -0.1) is 0 Å². The molecule has 0 aliphatic carbocycles. The minimum absolute atomic E-state index is 0.0312. The zero-order valence-corrected chi connectivity index (χ0v) is 8.49. The van der Waals surface area contributed by atoms with Crippen molar-refractivity contribution in [3.63, 3.8) is 0 Å². The molecule has 0 bridgehead atoms. The van der Waals surface area contributed by atoms with Crippen LogP contribution in [0.15, 0.2) is 30.3 Å². The largest absolute Gasteiger partial charge is 0.453 e. The lowest BCUT2D eigenvalue weighted by Crippen LogP contribution is -2.27. The first-order valence-electron chi connectivity index (χ1n) is 4.67. The minimum Gasteiger partial charge on any atom is -0.453 e. The summed E-state index contributed by atoms with van der Waals surface area (Å²) in [6.45, 7) is 2.02. The van der Waals surface area contributed by atoms with Crippen LogP contribution in [-0.2, 0) is 4.74 Å². The Morgan fingerprint density at radius 3 is 2.57 bits per heavy atom. The Hall–Kier alpha value is -1.51. The van der Waals surface area contributed by atoms with Crippen LogP contribution in [0.4, 0.5) is 4.79 Å². The summed E-state index contributed by atoms with van der Waals surface area (Å²) >= 11 is 0. The van der Waals surface area contributed by atoms with E-state index in [4.69, 9.17) is 0 Å². The highest BCUT2D eigenvalue weighted by Crippen LogP contribution is 2.15. The van der Waals surface area contributed by atoms with Crippen molar-refractivity contribution in [3.8, 4) is 0 Å². The third kappa shape index (κ3) is 2.76. The number of benzene rings is 1. The summed E-state index contributed by atoms with van der Waals surface area (Å²) in [5, 5.41) is 2.77. The molecule has 1 rings (SSSR count). The molecule has 3 heteroatoms. The number of nitrogens with one attached hydrogen (secondary N) is 1. The maximum absolute atomic E-state index is 11.0. The highest BCUT2D eigenvalue weighted by molar-refractivity contribution is 5.67. The highest BCUT2D eigenvalue weighted by Gasteiger charge is 2.11. The van der Waals surface area contributed by atoms with Crippen LogP contribution in [0.1, 0.15) is 24.9 Å².